The molecule has 0 aliphatic carbocycles. The smallest absolute Gasteiger partial charge is 0.365 e. The van der Waals surface area contributed by atoms with Crippen molar-refractivity contribution in [2.75, 3.05) is 4.90 Å². The van der Waals surface area contributed by atoms with E-state index in [9.17, 15) is 14.4 Å². The van der Waals surface area contributed by atoms with Crippen LogP contribution in [0.15, 0.2) is 71.2 Å². The number of hydrogen-bond donors (Lipinski definition) is 1. The van der Waals surface area contributed by atoms with Gasteiger partial charge in [0.15, 0.2) is 5.84 Å². The fraction of sp³-hybridized carbons (Fsp3) is 0. The van der Waals surface area contributed by atoms with Crippen molar-refractivity contribution in [3.8, 4) is 0 Å². The van der Waals surface area contributed by atoms with Gasteiger partial charge in [0.2, 0.25) is 0 Å². The second-order valence-electron chi connectivity index (χ2n) is 5.87. The molecule has 0 radical (unpaired) electrons. The summed E-state index contributed by atoms with van der Waals surface area (Å²) >= 11 is 1.36. The number of carbonyl (C=O) groups is 3. The van der Waals surface area contributed by atoms with Crippen molar-refractivity contribution < 1.29 is 19.2 Å². The molecule has 1 aliphatic heterocycles. The molecule has 3 aromatic rings. The van der Waals surface area contributed by atoms with E-state index in [4.69, 9.17) is 10.6 Å². The SMILES string of the molecule is N/C(=N\OC(=O)c1cccc(N2C(=O)c3ccccc3C2=O)c1)c1cccs1. The van der Waals surface area contributed by atoms with Crippen LogP contribution in [0.1, 0.15) is 36.0 Å². The molecule has 138 valence electrons. The van der Waals surface area contributed by atoms with Crippen molar-refractivity contribution in [2.45, 2.75) is 0 Å². The number of hydrogen-bond acceptors (Lipinski definition) is 6. The molecular formula is C20H13N3O4S. The topological polar surface area (TPSA) is 102 Å². The number of amidine groups is 1. The van der Waals surface area contributed by atoms with Crippen molar-refractivity contribution in [1.29, 1.82) is 0 Å². The maximum atomic E-state index is 12.6. The largest absolute Gasteiger partial charge is 0.380 e. The molecule has 1 aromatic heterocycles. The zero-order valence-electron chi connectivity index (χ0n) is 14.4. The first-order valence-electron chi connectivity index (χ1n) is 8.23. The maximum Gasteiger partial charge on any atom is 0.365 e. The summed E-state index contributed by atoms with van der Waals surface area (Å²) in [7, 11) is 0. The Morgan fingerprint density at radius 1 is 0.964 bits per heavy atom. The van der Waals surface area contributed by atoms with Gasteiger partial charge in [0, 0.05) is 0 Å². The summed E-state index contributed by atoms with van der Waals surface area (Å²) in [6.45, 7) is 0. The van der Waals surface area contributed by atoms with Gasteiger partial charge in [0.25, 0.3) is 11.8 Å². The lowest BCUT2D eigenvalue weighted by atomic mass is 10.1. The number of benzene rings is 2. The molecule has 8 heteroatoms. The molecule has 0 saturated carbocycles. The third kappa shape index (κ3) is 3.06. The van der Waals surface area contributed by atoms with Crippen molar-refractivity contribution in [3.63, 3.8) is 0 Å². The molecule has 4 rings (SSSR count). The predicted molar refractivity (Wildman–Crippen MR) is 104 cm³/mol. The Morgan fingerprint density at radius 3 is 2.32 bits per heavy atom. The molecule has 2 heterocycles. The van der Waals surface area contributed by atoms with Crippen molar-refractivity contribution >= 4 is 40.6 Å². The summed E-state index contributed by atoms with van der Waals surface area (Å²) in [6.07, 6.45) is 0. The summed E-state index contributed by atoms with van der Waals surface area (Å²) in [6, 6.07) is 16.2. The van der Waals surface area contributed by atoms with Crippen LogP contribution in [0.3, 0.4) is 0 Å². The van der Waals surface area contributed by atoms with Crippen molar-refractivity contribution in [3.05, 3.63) is 87.6 Å². The van der Waals surface area contributed by atoms with Crippen LogP contribution in [-0.2, 0) is 4.84 Å². The highest BCUT2D eigenvalue weighted by atomic mass is 32.1. The monoisotopic (exact) mass is 391 g/mol. The Kier molecular flexibility index (Phi) is 4.46. The maximum absolute atomic E-state index is 12.6. The second kappa shape index (κ2) is 7.09. The highest BCUT2D eigenvalue weighted by Crippen LogP contribution is 2.28. The number of rotatable bonds is 4. The highest BCUT2D eigenvalue weighted by Gasteiger charge is 2.36. The van der Waals surface area contributed by atoms with Gasteiger partial charge in [0.1, 0.15) is 0 Å². The average Bonchev–Trinajstić information content (AvgIpc) is 3.34. The van der Waals surface area contributed by atoms with Gasteiger partial charge in [-0.05, 0) is 41.8 Å². The minimum Gasteiger partial charge on any atom is -0.380 e. The van der Waals surface area contributed by atoms with E-state index in [1.54, 1.807) is 48.5 Å². The van der Waals surface area contributed by atoms with E-state index in [0.717, 1.165) is 4.90 Å². The first-order valence-corrected chi connectivity index (χ1v) is 9.11. The summed E-state index contributed by atoms with van der Waals surface area (Å²) in [4.78, 5) is 44.1. The van der Waals surface area contributed by atoms with Gasteiger partial charge in [0.05, 0.1) is 27.3 Å². The molecule has 0 atom stereocenters. The summed E-state index contributed by atoms with van der Waals surface area (Å²) < 4.78 is 0. The van der Waals surface area contributed by atoms with E-state index in [2.05, 4.69) is 5.16 Å². The fourth-order valence-corrected chi connectivity index (χ4v) is 3.43. The molecule has 28 heavy (non-hydrogen) atoms. The number of imide groups is 1. The summed E-state index contributed by atoms with van der Waals surface area (Å²) in [5.74, 6) is -1.55. The van der Waals surface area contributed by atoms with Crippen LogP contribution in [0, 0.1) is 0 Å². The highest BCUT2D eigenvalue weighted by molar-refractivity contribution is 7.12. The van der Waals surface area contributed by atoms with Gasteiger partial charge >= 0.3 is 5.97 Å². The zero-order valence-corrected chi connectivity index (χ0v) is 15.2. The lowest BCUT2D eigenvalue weighted by Crippen LogP contribution is -2.29. The van der Waals surface area contributed by atoms with Gasteiger partial charge in [-0.1, -0.05) is 29.4 Å². The number of carbonyl (C=O) groups excluding carboxylic acids is 3. The first kappa shape index (κ1) is 17.6. The van der Waals surface area contributed by atoms with Crippen LogP contribution in [0.25, 0.3) is 0 Å². The number of amides is 2. The van der Waals surface area contributed by atoms with Crippen LogP contribution in [0.2, 0.25) is 0 Å². The van der Waals surface area contributed by atoms with E-state index in [0.29, 0.717) is 16.0 Å². The second-order valence-corrected chi connectivity index (χ2v) is 6.82. The minimum absolute atomic E-state index is 0.0832. The number of thiophene rings is 1. The van der Waals surface area contributed by atoms with E-state index >= 15 is 0 Å². The Hall–Kier alpha value is -3.78. The van der Waals surface area contributed by atoms with E-state index < -0.39 is 17.8 Å². The van der Waals surface area contributed by atoms with Gasteiger partial charge < -0.3 is 10.6 Å². The molecule has 2 amide bonds. The van der Waals surface area contributed by atoms with Gasteiger partial charge in [-0.15, -0.1) is 11.3 Å². The van der Waals surface area contributed by atoms with Crippen LogP contribution in [0.4, 0.5) is 5.69 Å². The van der Waals surface area contributed by atoms with Gasteiger partial charge in [-0.25, -0.2) is 9.69 Å². The molecule has 0 bridgehead atoms. The lowest BCUT2D eigenvalue weighted by Gasteiger charge is -2.14. The van der Waals surface area contributed by atoms with Gasteiger partial charge in [-0.2, -0.15) is 0 Å². The number of anilines is 1. The van der Waals surface area contributed by atoms with Crippen molar-refractivity contribution in [2.24, 2.45) is 10.9 Å². The molecule has 7 nitrogen and oxygen atoms in total. The van der Waals surface area contributed by atoms with Crippen LogP contribution < -0.4 is 10.6 Å². The van der Waals surface area contributed by atoms with E-state index in [-0.39, 0.29) is 17.1 Å². The quantitative estimate of drug-likeness (QED) is 0.242. The molecule has 0 spiro atoms. The molecule has 0 saturated heterocycles. The fourth-order valence-electron chi connectivity index (χ4n) is 2.81. The minimum atomic E-state index is -0.752. The number of nitrogens with zero attached hydrogens (tertiary/aromatic N) is 2. The van der Waals surface area contributed by atoms with Crippen LogP contribution in [0.5, 0.6) is 0 Å². The Labute approximate surface area is 163 Å². The number of nitrogens with two attached hydrogens (primary N) is 1. The zero-order chi connectivity index (χ0) is 19.7. The lowest BCUT2D eigenvalue weighted by molar-refractivity contribution is 0.0515. The average molecular weight is 391 g/mol. The summed E-state index contributed by atoms with van der Waals surface area (Å²) in [5, 5.41) is 5.46. The van der Waals surface area contributed by atoms with E-state index in [1.165, 1.54) is 23.5 Å². The third-order valence-corrected chi connectivity index (χ3v) is 5.03. The normalized spacial score (nSPS) is 13.6. The Morgan fingerprint density at radius 2 is 1.68 bits per heavy atom. The Bertz CT molecular complexity index is 1090. The van der Waals surface area contributed by atoms with E-state index in [1.807, 2.05) is 5.38 Å². The van der Waals surface area contributed by atoms with Crippen LogP contribution >= 0.6 is 11.3 Å². The Balaban J connectivity index is 1.57. The number of oxime groups is 1. The first-order chi connectivity index (χ1) is 13.6. The van der Waals surface area contributed by atoms with Crippen LogP contribution in [-0.4, -0.2) is 23.6 Å². The van der Waals surface area contributed by atoms with Crippen molar-refractivity contribution in [1.82, 2.24) is 0 Å². The predicted octanol–water partition coefficient (Wildman–Crippen LogP) is 3.03. The standard InChI is InChI=1S/C20H13N3O4S/c21-17(16-9-4-10-28-16)22-27-20(26)12-5-3-6-13(11-12)23-18(24)14-7-1-2-8-15(14)19(23)25/h1-11H,(H2,21,22). The molecule has 2 N–H and O–H groups in total. The number of fused-ring (bicyclic) bond motifs is 1. The molecule has 1 aliphatic rings. The summed E-state index contributed by atoms with van der Waals surface area (Å²) in [5.41, 5.74) is 6.83. The van der Waals surface area contributed by atoms with Gasteiger partial charge in [-0.3, -0.25) is 9.59 Å². The third-order valence-electron chi connectivity index (χ3n) is 4.13. The molecule has 2 aromatic carbocycles. The molecular weight excluding hydrogens is 378 g/mol. The molecule has 0 unspecified atom stereocenters. The molecule has 0 fully saturated rings.